The van der Waals surface area contributed by atoms with Gasteiger partial charge in [-0.05, 0) is 24.3 Å². The molecule has 0 fully saturated rings. The van der Waals surface area contributed by atoms with Gasteiger partial charge < -0.3 is 9.15 Å². The van der Waals surface area contributed by atoms with Crippen LogP contribution in [0.4, 0.5) is 0 Å². The molecule has 0 atom stereocenters. The fraction of sp³-hybridized carbons (Fsp3) is 0. The predicted octanol–water partition coefficient (Wildman–Crippen LogP) is 4.05. The summed E-state index contributed by atoms with van der Waals surface area (Å²) >= 11 is 1.54. The van der Waals surface area contributed by atoms with Crippen LogP contribution in [0.1, 0.15) is 0 Å². The maximum absolute atomic E-state index is 12.0. The second-order valence-electron chi connectivity index (χ2n) is 4.19. The summed E-state index contributed by atoms with van der Waals surface area (Å²) in [6.45, 7) is 0. The summed E-state index contributed by atoms with van der Waals surface area (Å²) in [5.74, 6) is 0.977. The van der Waals surface area contributed by atoms with Gasteiger partial charge in [-0.1, -0.05) is 36.0 Å². The molecule has 0 bridgehead atoms. The number of ether oxygens (including phenoxy) is 1. The molecule has 19 heavy (non-hydrogen) atoms. The third kappa shape index (κ3) is 1.57. The van der Waals surface area contributed by atoms with Gasteiger partial charge in [-0.15, -0.1) is 0 Å². The van der Waals surface area contributed by atoms with E-state index in [0.29, 0.717) is 11.3 Å². The van der Waals surface area contributed by atoms with Gasteiger partial charge in [0.2, 0.25) is 5.75 Å². The maximum atomic E-state index is 12.0. The Morgan fingerprint density at radius 2 is 1.74 bits per heavy atom. The molecule has 0 N–H and O–H groups in total. The van der Waals surface area contributed by atoms with Crippen molar-refractivity contribution in [2.24, 2.45) is 0 Å². The molecular formula is C15H8O3S. The minimum atomic E-state index is -0.435. The molecule has 3 aromatic rings. The predicted molar refractivity (Wildman–Crippen MR) is 73.1 cm³/mol. The second-order valence-corrected chi connectivity index (χ2v) is 5.25. The summed E-state index contributed by atoms with van der Waals surface area (Å²) in [6.07, 6.45) is 0. The van der Waals surface area contributed by atoms with E-state index in [2.05, 4.69) is 0 Å². The van der Waals surface area contributed by atoms with E-state index in [0.717, 1.165) is 15.2 Å². The highest BCUT2D eigenvalue weighted by Gasteiger charge is 2.24. The molecule has 1 aromatic heterocycles. The topological polar surface area (TPSA) is 39.4 Å². The van der Waals surface area contributed by atoms with Crippen LogP contribution in [0.5, 0.6) is 11.5 Å². The van der Waals surface area contributed by atoms with Crippen LogP contribution in [0.2, 0.25) is 0 Å². The first kappa shape index (κ1) is 10.7. The molecule has 0 spiro atoms. The zero-order valence-corrected chi connectivity index (χ0v) is 10.6. The highest BCUT2D eigenvalue weighted by Crippen LogP contribution is 2.47. The van der Waals surface area contributed by atoms with Crippen molar-refractivity contribution in [2.45, 2.75) is 9.79 Å². The van der Waals surface area contributed by atoms with Gasteiger partial charge >= 0.3 is 5.63 Å². The maximum Gasteiger partial charge on any atom is 0.380 e. The van der Waals surface area contributed by atoms with Crippen molar-refractivity contribution in [3.8, 4) is 11.5 Å². The van der Waals surface area contributed by atoms with E-state index in [4.69, 9.17) is 9.15 Å². The normalized spacial score (nSPS) is 12.6. The Kier molecular flexibility index (Phi) is 2.19. The lowest BCUT2D eigenvalue weighted by Gasteiger charge is -2.19. The zero-order valence-electron chi connectivity index (χ0n) is 9.75. The molecule has 4 heteroatoms. The highest BCUT2D eigenvalue weighted by atomic mass is 32.2. The number of fused-ring (bicyclic) bond motifs is 4. The zero-order chi connectivity index (χ0) is 12.8. The summed E-state index contributed by atoms with van der Waals surface area (Å²) in [5.41, 5.74) is 0.150. The van der Waals surface area contributed by atoms with Crippen LogP contribution in [0, 0.1) is 0 Å². The highest BCUT2D eigenvalue weighted by molar-refractivity contribution is 7.99. The summed E-state index contributed by atoms with van der Waals surface area (Å²) in [7, 11) is 0. The van der Waals surface area contributed by atoms with Crippen molar-refractivity contribution < 1.29 is 9.15 Å². The summed E-state index contributed by atoms with van der Waals surface area (Å²) in [5, 5.41) is 0.900. The van der Waals surface area contributed by atoms with Gasteiger partial charge in [-0.3, -0.25) is 0 Å². The minimum Gasteiger partial charge on any atom is -0.447 e. The van der Waals surface area contributed by atoms with Crippen molar-refractivity contribution in [1.29, 1.82) is 0 Å². The molecule has 0 saturated heterocycles. The lowest BCUT2D eigenvalue weighted by molar-refractivity contribution is 0.414. The van der Waals surface area contributed by atoms with Gasteiger partial charge in [0.1, 0.15) is 11.3 Å². The SMILES string of the molecule is O=c1oc2ccccc2c2c1Oc1ccccc1S2. The molecule has 0 aliphatic carbocycles. The third-order valence-electron chi connectivity index (χ3n) is 3.00. The standard InChI is InChI=1S/C15H8O3S/c16-15-13-14(9-5-1-2-6-10(9)18-15)19-12-8-4-3-7-11(12)17-13/h1-8H. The van der Waals surface area contributed by atoms with Gasteiger partial charge in [0, 0.05) is 5.39 Å². The average Bonchev–Trinajstić information content (AvgIpc) is 2.46. The van der Waals surface area contributed by atoms with E-state index in [1.807, 2.05) is 42.5 Å². The van der Waals surface area contributed by atoms with Crippen molar-refractivity contribution >= 4 is 22.7 Å². The smallest absolute Gasteiger partial charge is 0.380 e. The second kappa shape index (κ2) is 3.90. The number of para-hydroxylation sites is 2. The average molecular weight is 268 g/mol. The molecule has 3 nitrogen and oxygen atoms in total. The monoisotopic (exact) mass is 268 g/mol. The molecule has 0 amide bonds. The molecule has 2 aromatic carbocycles. The van der Waals surface area contributed by atoms with Crippen LogP contribution < -0.4 is 10.4 Å². The number of hydrogen-bond acceptors (Lipinski definition) is 4. The third-order valence-corrected chi connectivity index (χ3v) is 4.17. The summed E-state index contributed by atoms with van der Waals surface area (Å²) < 4.78 is 11.0. The Morgan fingerprint density at radius 1 is 0.947 bits per heavy atom. The van der Waals surface area contributed by atoms with Gasteiger partial charge in [-0.25, -0.2) is 4.79 Å². The van der Waals surface area contributed by atoms with E-state index in [1.54, 1.807) is 17.8 Å². The molecule has 1 aliphatic heterocycles. The first-order valence-electron chi connectivity index (χ1n) is 5.83. The molecular weight excluding hydrogens is 260 g/mol. The van der Waals surface area contributed by atoms with Crippen molar-refractivity contribution in [3.05, 3.63) is 59.0 Å². The number of benzene rings is 2. The summed E-state index contributed by atoms with van der Waals surface area (Å²) in [6, 6.07) is 15.1. The molecule has 0 unspecified atom stereocenters. The quantitative estimate of drug-likeness (QED) is 0.451. The van der Waals surface area contributed by atoms with Gasteiger partial charge in [0.15, 0.2) is 0 Å². The Bertz CT molecular complexity index is 851. The lowest BCUT2D eigenvalue weighted by atomic mass is 10.2. The number of hydrogen-bond donors (Lipinski definition) is 0. The number of rotatable bonds is 0. The van der Waals surface area contributed by atoms with E-state index in [9.17, 15) is 4.79 Å². The fourth-order valence-corrected chi connectivity index (χ4v) is 3.21. The van der Waals surface area contributed by atoms with Crippen LogP contribution >= 0.6 is 11.8 Å². The van der Waals surface area contributed by atoms with Crippen molar-refractivity contribution in [3.63, 3.8) is 0 Å². The Hall–Kier alpha value is -2.20. The largest absolute Gasteiger partial charge is 0.447 e. The molecule has 0 saturated carbocycles. The molecule has 0 radical (unpaired) electrons. The Morgan fingerprint density at radius 3 is 2.68 bits per heavy atom. The van der Waals surface area contributed by atoms with Gasteiger partial charge in [0.05, 0.1) is 9.79 Å². The molecule has 1 aliphatic rings. The van der Waals surface area contributed by atoms with Gasteiger partial charge in [-0.2, -0.15) is 0 Å². The Balaban J connectivity index is 2.05. The lowest BCUT2D eigenvalue weighted by Crippen LogP contribution is -2.08. The summed E-state index contributed by atoms with van der Waals surface area (Å²) in [4.78, 5) is 13.8. The van der Waals surface area contributed by atoms with E-state index < -0.39 is 5.63 Å². The molecule has 4 rings (SSSR count). The molecule has 92 valence electrons. The van der Waals surface area contributed by atoms with Crippen LogP contribution in [0.25, 0.3) is 11.0 Å². The van der Waals surface area contributed by atoms with Crippen LogP contribution in [-0.2, 0) is 0 Å². The van der Waals surface area contributed by atoms with Crippen LogP contribution in [0.3, 0.4) is 0 Å². The minimum absolute atomic E-state index is 0.280. The van der Waals surface area contributed by atoms with E-state index >= 15 is 0 Å². The fourth-order valence-electron chi connectivity index (χ4n) is 2.13. The van der Waals surface area contributed by atoms with Crippen LogP contribution in [-0.4, -0.2) is 0 Å². The van der Waals surface area contributed by atoms with Crippen LogP contribution in [0.15, 0.2) is 67.5 Å². The van der Waals surface area contributed by atoms with Crippen molar-refractivity contribution in [1.82, 2.24) is 0 Å². The first-order chi connectivity index (χ1) is 9.33. The molecule has 2 heterocycles. The van der Waals surface area contributed by atoms with Gasteiger partial charge in [0.25, 0.3) is 0 Å². The first-order valence-corrected chi connectivity index (χ1v) is 6.65. The van der Waals surface area contributed by atoms with E-state index in [1.165, 1.54) is 0 Å². The van der Waals surface area contributed by atoms with E-state index in [-0.39, 0.29) is 5.75 Å². The van der Waals surface area contributed by atoms with Crippen molar-refractivity contribution in [2.75, 3.05) is 0 Å². The Labute approximate surface area is 112 Å².